The lowest BCUT2D eigenvalue weighted by molar-refractivity contribution is 0.639. The minimum absolute atomic E-state index is 0.00811. The molecule has 0 saturated carbocycles. The fourth-order valence-corrected chi connectivity index (χ4v) is 3.89. The normalized spacial score (nSPS) is 15.7. The summed E-state index contributed by atoms with van der Waals surface area (Å²) in [5, 5.41) is 3.56. The van der Waals surface area contributed by atoms with E-state index in [2.05, 4.69) is 93.9 Å². The molecule has 3 rings (SSSR count). The summed E-state index contributed by atoms with van der Waals surface area (Å²) in [5.41, 5.74) is 9.80. The van der Waals surface area contributed by atoms with Crippen molar-refractivity contribution in [3.63, 3.8) is 0 Å². The van der Waals surface area contributed by atoms with E-state index >= 15 is 0 Å². The van der Waals surface area contributed by atoms with E-state index in [0.717, 1.165) is 22.5 Å². The number of benzene rings is 2. The highest BCUT2D eigenvalue weighted by atomic mass is 14.9. The zero-order valence-electron chi connectivity index (χ0n) is 18.5. The Kier molecular flexibility index (Phi) is 6.42. The molecule has 0 saturated heterocycles. The number of anilines is 2. The van der Waals surface area contributed by atoms with E-state index in [-0.39, 0.29) is 5.41 Å². The minimum Gasteiger partial charge on any atom is -0.356 e. The summed E-state index contributed by atoms with van der Waals surface area (Å²) in [7, 11) is 0. The van der Waals surface area contributed by atoms with Crippen LogP contribution >= 0.6 is 0 Å². The van der Waals surface area contributed by atoms with Crippen molar-refractivity contribution >= 4 is 22.5 Å². The first-order valence-corrected chi connectivity index (χ1v) is 10.4. The summed E-state index contributed by atoms with van der Waals surface area (Å²) in [6.45, 7) is 16.6. The Hall–Kier alpha value is -3.32. The number of rotatable bonds is 7. The lowest BCUT2D eigenvalue weighted by Crippen LogP contribution is -2.15. The van der Waals surface area contributed by atoms with Gasteiger partial charge in [0.25, 0.3) is 0 Å². The van der Waals surface area contributed by atoms with Crippen molar-refractivity contribution in [2.24, 2.45) is 0 Å². The molecule has 152 valence electrons. The number of hydrogen-bond donors (Lipinski definition) is 1. The molecule has 0 heterocycles. The van der Waals surface area contributed by atoms with Crippen LogP contribution in [0.5, 0.6) is 0 Å². The molecule has 0 unspecified atom stereocenters. The summed E-state index contributed by atoms with van der Waals surface area (Å²) in [6, 6.07) is 15.1. The van der Waals surface area contributed by atoms with Crippen molar-refractivity contribution in [3.05, 3.63) is 120 Å². The molecule has 1 heteroatoms. The first kappa shape index (κ1) is 21.4. The van der Waals surface area contributed by atoms with E-state index in [1.807, 2.05) is 37.3 Å². The van der Waals surface area contributed by atoms with Gasteiger partial charge in [-0.1, -0.05) is 93.3 Å². The van der Waals surface area contributed by atoms with Gasteiger partial charge in [-0.3, -0.25) is 0 Å². The maximum absolute atomic E-state index is 3.93. The number of allylic oxidation sites excluding steroid dienone is 10. The van der Waals surface area contributed by atoms with Gasteiger partial charge in [-0.2, -0.15) is 0 Å². The summed E-state index contributed by atoms with van der Waals surface area (Å²) >= 11 is 0. The second-order valence-electron chi connectivity index (χ2n) is 8.07. The van der Waals surface area contributed by atoms with Crippen LogP contribution in [0.2, 0.25) is 0 Å². The van der Waals surface area contributed by atoms with Gasteiger partial charge in [0.05, 0.1) is 0 Å². The molecular weight excluding hydrogens is 362 g/mol. The quantitative estimate of drug-likeness (QED) is 0.466. The second-order valence-corrected chi connectivity index (χ2v) is 8.07. The molecule has 30 heavy (non-hydrogen) atoms. The number of nitrogens with one attached hydrogen (secondary N) is 1. The van der Waals surface area contributed by atoms with Crippen LogP contribution in [0.15, 0.2) is 104 Å². The van der Waals surface area contributed by atoms with Crippen LogP contribution in [0.1, 0.15) is 44.4 Å². The van der Waals surface area contributed by atoms with Crippen molar-refractivity contribution in [1.82, 2.24) is 0 Å². The molecule has 0 fully saturated rings. The van der Waals surface area contributed by atoms with Crippen molar-refractivity contribution in [3.8, 4) is 0 Å². The van der Waals surface area contributed by atoms with E-state index < -0.39 is 0 Å². The van der Waals surface area contributed by atoms with Crippen LogP contribution < -0.4 is 5.32 Å². The van der Waals surface area contributed by atoms with Gasteiger partial charge in [-0.15, -0.1) is 0 Å². The zero-order valence-corrected chi connectivity index (χ0v) is 18.5. The molecule has 1 N–H and O–H groups in total. The van der Waals surface area contributed by atoms with Crippen LogP contribution in [0.3, 0.4) is 0 Å². The Labute approximate surface area is 181 Å². The van der Waals surface area contributed by atoms with Gasteiger partial charge in [0.15, 0.2) is 0 Å². The standard InChI is InChI=1S/C29H31N/c1-7-10-12-22(9-3)23-14-16-24(17-15-23)30-25-18-19-27-26(13-11-8-2)21(4)29(5,6)28(27)20-25/h7-20,30H,2-3H2,1,4-6H3/b10-7-,13-11-,22-12+. The van der Waals surface area contributed by atoms with Crippen LogP contribution in [0, 0.1) is 0 Å². The average Bonchev–Trinajstić information content (AvgIpc) is 2.94. The molecule has 1 aliphatic rings. The van der Waals surface area contributed by atoms with E-state index in [4.69, 9.17) is 0 Å². The number of hydrogen-bond acceptors (Lipinski definition) is 1. The van der Waals surface area contributed by atoms with Crippen molar-refractivity contribution < 1.29 is 0 Å². The Morgan fingerprint density at radius 1 is 0.967 bits per heavy atom. The maximum atomic E-state index is 3.93. The lowest BCUT2D eigenvalue weighted by Gasteiger charge is -2.23. The predicted molar refractivity (Wildman–Crippen MR) is 134 cm³/mol. The summed E-state index contributed by atoms with van der Waals surface area (Å²) < 4.78 is 0. The largest absolute Gasteiger partial charge is 0.356 e. The molecule has 0 bridgehead atoms. The third-order valence-electron chi connectivity index (χ3n) is 5.92. The highest BCUT2D eigenvalue weighted by molar-refractivity contribution is 5.87. The minimum atomic E-state index is 0.00811. The molecule has 0 aromatic heterocycles. The van der Waals surface area contributed by atoms with Gasteiger partial charge in [-0.25, -0.2) is 0 Å². The van der Waals surface area contributed by atoms with Crippen LogP contribution in [0.4, 0.5) is 11.4 Å². The molecule has 0 amide bonds. The highest BCUT2D eigenvalue weighted by Gasteiger charge is 2.34. The first-order valence-electron chi connectivity index (χ1n) is 10.4. The van der Waals surface area contributed by atoms with E-state index in [0.29, 0.717) is 0 Å². The third-order valence-corrected chi connectivity index (χ3v) is 5.92. The van der Waals surface area contributed by atoms with E-state index in [1.54, 1.807) is 0 Å². The molecule has 1 aliphatic carbocycles. The molecule has 2 aromatic carbocycles. The van der Waals surface area contributed by atoms with Gasteiger partial charge < -0.3 is 5.32 Å². The Bertz CT molecular complexity index is 1070. The van der Waals surface area contributed by atoms with Gasteiger partial charge in [0, 0.05) is 16.8 Å². The van der Waals surface area contributed by atoms with Crippen molar-refractivity contribution in [2.45, 2.75) is 33.1 Å². The first-order chi connectivity index (χ1) is 14.4. The Morgan fingerprint density at radius 3 is 2.30 bits per heavy atom. The average molecular weight is 394 g/mol. The molecule has 0 aliphatic heterocycles. The van der Waals surface area contributed by atoms with E-state index in [9.17, 15) is 0 Å². The molecular formula is C29H31N. The third kappa shape index (κ3) is 4.16. The maximum Gasteiger partial charge on any atom is 0.0387 e. The molecule has 0 radical (unpaired) electrons. The van der Waals surface area contributed by atoms with Crippen LogP contribution in [-0.2, 0) is 5.41 Å². The SMILES string of the molecule is C=C/C=C\C1=C(C)C(C)(C)c2cc(Nc3ccc(/C(C=C)=C/C=C\C)cc3)ccc21. The molecule has 2 aromatic rings. The summed E-state index contributed by atoms with van der Waals surface area (Å²) in [4.78, 5) is 0. The topological polar surface area (TPSA) is 12.0 Å². The van der Waals surface area contributed by atoms with Gasteiger partial charge in [0.2, 0.25) is 0 Å². The smallest absolute Gasteiger partial charge is 0.0387 e. The summed E-state index contributed by atoms with van der Waals surface area (Å²) in [5.74, 6) is 0. The van der Waals surface area contributed by atoms with Gasteiger partial charge in [0.1, 0.15) is 0 Å². The Morgan fingerprint density at radius 2 is 1.67 bits per heavy atom. The van der Waals surface area contributed by atoms with Gasteiger partial charge >= 0.3 is 0 Å². The van der Waals surface area contributed by atoms with Crippen molar-refractivity contribution in [2.75, 3.05) is 5.32 Å². The molecule has 1 nitrogen and oxygen atoms in total. The predicted octanol–water partition coefficient (Wildman–Crippen LogP) is 8.38. The second kappa shape index (κ2) is 9.00. The highest BCUT2D eigenvalue weighted by Crippen LogP contribution is 2.47. The van der Waals surface area contributed by atoms with E-state index in [1.165, 1.54) is 22.3 Å². The lowest BCUT2D eigenvalue weighted by atomic mass is 9.82. The zero-order chi connectivity index (χ0) is 21.7. The fraction of sp³-hybridized carbons (Fsp3) is 0.172. The van der Waals surface area contributed by atoms with Crippen LogP contribution in [-0.4, -0.2) is 0 Å². The fourth-order valence-electron chi connectivity index (χ4n) is 3.89. The number of fused-ring (bicyclic) bond motifs is 1. The van der Waals surface area contributed by atoms with Crippen molar-refractivity contribution in [1.29, 1.82) is 0 Å². The monoisotopic (exact) mass is 393 g/mol. The van der Waals surface area contributed by atoms with Gasteiger partial charge in [-0.05, 0) is 65.9 Å². The summed E-state index contributed by atoms with van der Waals surface area (Å²) in [6.07, 6.45) is 14.0. The molecule has 0 atom stereocenters. The van der Waals surface area contributed by atoms with Crippen LogP contribution in [0.25, 0.3) is 11.1 Å². The molecule has 0 spiro atoms. The Balaban J connectivity index is 1.87.